The van der Waals surface area contributed by atoms with Crippen molar-refractivity contribution in [2.24, 2.45) is 0 Å². The first-order chi connectivity index (χ1) is 18.3. The third kappa shape index (κ3) is 4.53. The van der Waals surface area contributed by atoms with E-state index < -0.39 is 0 Å². The van der Waals surface area contributed by atoms with E-state index in [1.807, 2.05) is 22.8 Å². The third-order valence-corrected chi connectivity index (χ3v) is 8.42. The van der Waals surface area contributed by atoms with Crippen LogP contribution in [0.15, 0.2) is 53.3 Å². The second-order valence-electron chi connectivity index (χ2n) is 10.8. The predicted molar refractivity (Wildman–Crippen MR) is 143 cm³/mol. The van der Waals surface area contributed by atoms with Crippen molar-refractivity contribution in [3.8, 4) is 11.6 Å². The Labute approximate surface area is 217 Å². The normalized spacial score (nSPS) is 19.9. The molecule has 0 N–H and O–H groups in total. The molecule has 1 aromatic carbocycles. The van der Waals surface area contributed by atoms with Gasteiger partial charge in [0.25, 0.3) is 0 Å². The highest BCUT2D eigenvalue weighted by Gasteiger charge is 2.28. The highest BCUT2D eigenvalue weighted by molar-refractivity contribution is 5.58. The molecule has 0 atom stereocenters. The number of benzene rings is 1. The summed E-state index contributed by atoms with van der Waals surface area (Å²) in [4.78, 5) is 17.6. The van der Waals surface area contributed by atoms with Gasteiger partial charge < -0.3 is 14.2 Å². The monoisotopic (exact) mass is 497 g/mol. The standard InChI is InChI=1S/C29H35N7O/c1-4-13-34(14-5-1)25-11-16-35(17-12-25)29-30-19-24(21-33-15-10-22-7-2-3-8-23(22)20-33)28-31-27(32-36(28)29)26-9-6-18-37-26/h2-3,6-9,18-19,25H,1,4-5,10-17,20-21H2. The van der Waals surface area contributed by atoms with Crippen LogP contribution in [-0.4, -0.2) is 68.1 Å². The van der Waals surface area contributed by atoms with Crippen molar-refractivity contribution in [3.05, 3.63) is 65.5 Å². The minimum Gasteiger partial charge on any atom is -0.461 e. The summed E-state index contributed by atoms with van der Waals surface area (Å²) in [5, 5.41) is 4.91. The van der Waals surface area contributed by atoms with Crippen LogP contribution < -0.4 is 4.90 Å². The van der Waals surface area contributed by atoms with Gasteiger partial charge in [0.1, 0.15) is 0 Å². The van der Waals surface area contributed by atoms with Gasteiger partial charge in [-0.05, 0) is 68.5 Å². The fourth-order valence-electron chi connectivity index (χ4n) is 6.39. The average Bonchev–Trinajstić information content (AvgIpc) is 3.65. The maximum atomic E-state index is 5.66. The van der Waals surface area contributed by atoms with E-state index >= 15 is 0 Å². The van der Waals surface area contributed by atoms with Crippen molar-refractivity contribution in [2.45, 2.75) is 57.7 Å². The van der Waals surface area contributed by atoms with Crippen molar-refractivity contribution in [3.63, 3.8) is 0 Å². The van der Waals surface area contributed by atoms with Crippen LogP contribution in [0.25, 0.3) is 17.2 Å². The number of likely N-dealkylation sites (tertiary alicyclic amines) is 1. The molecule has 37 heavy (non-hydrogen) atoms. The van der Waals surface area contributed by atoms with Gasteiger partial charge in [0.15, 0.2) is 11.4 Å². The zero-order valence-electron chi connectivity index (χ0n) is 21.4. The lowest BCUT2D eigenvalue weighted by molar-refractivity contribution is 0.141. The quantitative estimate of drug-likeness (QED) is 0.405. The molecule has 0 radical (unpaired) electrons. The minimum atomic E-state index is 0.618. The number of fused-ring (bicyclic) bond motifs is 2. The molecule has 0 aliphatic carbocycles. The highest BCUT2D eigenvalue weighted by Crippen LogP contribution is 2.28. The largest absolute Gasteiger partial charge is 0.461 e. The lowest BCUT2D eigenvalue weighted by Gasteiger charge is -2.40. The lowest BCUT2D eigenvalue weighted by atomic mass is 9.99. The maximum absolute atomic E-state index is 5.66. The molecule has 8 heteroatoms. The number of hydrogen-bond acceptors (Lipinski definition) is 7. The van der Waals surface area contributed by atoms with E-state index in [1.165, 1.54) is 56.3 Å². The van der Waals surface area contributed by atoms with E-state index in [-0.39, 0.29) is 0 Å². The third-order valence-electron chi connectivity index (χ3n) is 8.42. The van der Waals surface area contributed by atoms with Crippen LogP contribution in [0.3, 0.4) is 0 Å². The molecule has 3 aromatic heterocycles. The van der Waals surface area contributed by atoms with Gasteiger partial charge in [-0.15, -0.1) is 5.10 Å². The topological polar surface area (TPSA) is 65.9 Å². The molecule has 0 spiro atoms. The molecule has 192 valence electrons. The lowest BCUT2D eigenvalue weighted by Crippen LogP contribution is -2.47. The molecule has 7 rings (SSSR count). The summed E-state index contributed by atoms with van der Waals surface area (Å²) in [6, 6.07) is 13.3. The van der Waals surface area contributed by atoms with Crippen molar-refractivity contribution in [2.75, 3.05) is 37.6 Å². The number of anilines is 1. The van der Waals surface area contributed by atoms with Crippen LogP contribution in [0.2, 0.25) is 0 Å². The number of hydrogen-bond donors (Lipinski definition) is 0. The summed E-state index contributed by atoms with van der Waals surface area (Å²) in [5.41, 5.74) is 4.88. The molecular weight excluding hydrogens is 462 g/mol. The Kier molecular flexibility index (Phi) is 6.14. The Morgan fingerprint density at radius 2 is 1.73 bits per heavy atom. The summed E-state index contributed by atoms with van der Waals surface area (Å²) in [5.74, 6) is 2.20. The molecule has 2 saturated heterocycles. The smallest absolute Gasteiger partial charge is 0.228 e. The Morgan fingerprint density at radius 3 is 2.54 bits per heavy atom. The zero-order chi connectivity index (χ0) is 24.6. The van der Waals surface area contributed by atoms with Crippen LogP contribution in [0.1, 0.15) is 48.8 Å². The summed E-state index contributed by atoms with van der Waals surface area (Å²) in [6.07, 6.45) is 11.2. The van der Waals surface area contributed by atoms with Crippen LogP contribution in [0.5, 0.6) is 0 Å². The number of nitrogens with zero attached hydrogens (tertiary/aromatic N) is 7. The van der Waals surface area contributed by atoms with Gasteiger partial charge >= 0.3 is 0 Å². The maximum Gasteiger partial charge on any atom is 0.228 e. The fraction of sp³-hybridized carbons (Fsp3) is 0.483. The molecule has 4 aromatic rings. The van der Waals surface area contributed by atoms with E-state index in [0.717, 1.165) is 56.3 Å². The van der Waals surface area contributed by atoms with Crippen molar-refractivity contribution < 1.29 is 4.42 Å². The molecule has 8 nitrogen and oxygen atoms in total. The van der Waals surface area contributed by atoms with Gasteiger partial charge in [-0.3, -0.25) is 4.90 Å². The summed E-state index contributed by atoms with van der Waals surface area (Å²) < 4.78 is 7.62. The Balaban J connectivity index is 1.16. The van der Waals surface area contributed by atoms with Gasteiger partial charge in [-0.25, -0.2) is 9.97 Å². The average molecular weight is 498 g/mol. The van der Waals surface area contributed by atoms with E-state index in [1.54, 1.807) is 6.26 Å². The predicted octanol–water partition coefficient (Wildman–Crippen LogP) is 4.40. The van der Waals surface area contributed by atoms with E-state index in [0.29, 0.717) is 17.6 Å². The molecule has 2 fully saturated rings. The number of aromatic nitrogens is 4. The summed E-state index contributed by atoms with van der Waals surface area (Å²) >= 11 is 0. The SMILES string of the molecule is c1coc(-c2nc3c(CN4CCc5ccccc5C4)cnc(N4CCC(N5CCCCC5)CC4)n3n2)c1. The van der Waals surface area contributed by atoms with Gasteiger partial charge in [0, 0.05) is 50.5 Å². The van der Waals surface area contributed by atoms with E-state index in [9.17, 15) is 0 Å². The van der Waals surface area contributed by atoms with Crippen LogP contribution in [0, 0.1) is 0 Å². The number of furan rings is 1. The second-order valence-corrected chi connectivity index (χ2v) is 10.8. The van der Waals surface area contributed by atoms with Gasteiger partial charge in [0.05, 0.1) is 6.26 Å². The highest BCUT2D eigenvalue weighted by atomic mass is 16.3. The van der Waals surface area contributed by atoms with Gasteiger partial charge in [0.2, 0.25) is 11.8 Å². The van der Waals surface area contributed by atoms with Crippen molar-refractivity contribution in [1.29, 1.82) is 0 Å². The molecular formula is C29H35N7O. The van der Waals surface area contributed by atoms with Crippen LogP contribution in [-0.2, 0) is 19.5 Å². The molecule has 0 amide bonds. The van der Waals surface area contributed by atoms with E-state index in [2.05, 4.69) is 39.0 Å². The number of piperidine rings is 2. The molecule has 0 unspecified atom stereocenters. The number of rotatable bonds is 5. The molecule has 6 heterocycles. The van der Waals surface area contributed by atoms with Crippen LogP contribution >= 0.6 is 0 Å². The Morgan fingerprint density at radius 1 is 0.892 bits per heavy atom. The van der Waals surface area contributed by atoms with Gasteiger partial charge in [-0.2, -0.15) is 4.52 Å². The fourth-order valence-corrected chi connectivity index (χ4v) is 6.39. The van der Waals surface area contributed by atoms with Crippen LogP contribution in [0.4, 0.5) is 5.95 Å². The molecule has 0 bridgehead atoms. The van der Waals surface area contributed by atoms with Crippen molar-refractivity contribution >= 4 is 11.6 Å². The second kappa shape index (κ2) is 9.91. The van der Waals surface area contributed by atoms with E-state index in [4.69, 9.17) is 19.5 Å². The summed E-state index contributed by atoms with van der Waals surface area (Å²) in [6.45, 7) is 7.32. The summed E-state index contributed by atoms with van der Waals surface area (Å²) in [7, 11) is 0. The Hall–Kier alpha value is -3.23. The molecule has 3 aliphatic rings. The van der Waals surface area contributed by atoms with Gasteiger partial charge in [-0.1, -0.05) is 30.7 Å². The minimum absolute atomic E-state index is 0.618. The molecule has 0 saturated carbocycles. The van der Waals surface area contributed by atoms with Crippen molar-refractivity contribution in [1.82, 2.24) is 29.4 Å². The first-order valence-corrected chi connectivity index (χ1v) is 13.9. The first-order valence-electron chi connectivity index (χ1n) is 13.9. The Bertz CT molecular complexity index is 1350. The molecule has 3 aliphatic heterocycles. The first kappa shape index (κ1) is 22.9. The zero-order valence-corrected chi connectivity index (χ0v) is 21.4.